The third-order valence-corrected chi connectivity index (χ3v) is 7.11. The molecule has 0 saturated carbocycles. The lowest BCUT2D eigenvalue weighted by atomic mass is 10.1. The lowest BCUT2D eigenvalue weighted by molar-refractivity contribution is -0.0384. The molecule has 0 amide bonds. The summed E-state index contributed by atoms with van der Waals surface area (Å²) in [7, 11) is 2.02. The highest BCUT2D eigenvalue weighted by atomic mass is 35.5. The molecule has 1 aliphatic heterocycles. The Morgan fingerprint density at radius 1 is 1.09 bits per heavy atom. The molecule has 1 atom stereocenters. The van der Waals surface area contributed by atoms with Crippen molar-refractivity contribution in [2.45, 2.75) is 35.4 Å². The fourth-order valence-corrected chi connectivity index (χ4v) is 5.08. The Balaban J connectivity index is 1.61. The Morgan fingerprint density at radius 2 is 1.88 bits per heavy atom. The molecule has 1 unspecified atom stereocenters. The molecule has 3 heterocycles. The third kappa shape index (κ3) is 4.42. The Hall–Kier alpha value is -3.05. The van der Waals surface area contributed by atoms with E-state index in [-0.39, 0.29) is 6.23 Å². The van der Waals surface area contributed by atoms with E-state index in [1.54, 1.807) is 18.0 Å². The highest BCUT2D eigenvalue weighted by Crippen LogP contribution is 2.39. The third-order valence-electron chi connectivity index (χ3n) is 5.69. The number of halogens is 1. The van der Waals surface area contributed by atoms with E-state index in [0.29, 0.717) is 10.6 Å². The molecule has 8 heteroatoms. The Kier molecular flexibility index (Phi) is 6.23. The lowest BCUT2D eigenvalue weighted by Crippen LogP contribution is -2.20. The average Bonchev–Trinajstić information content (AvgIpc) is 3.46. The number of aromatic nitrogens is 4. The zero-order valence-electron chi connectivity index (χ0n) is 18.1. The van der Waals surface area contributed by atoms with Crippen LogP contribution in [0.3, 0.4) is 0 Å². The molecular formula is C25H22ClN5OS. The number of nitriles is 1. The molecule has 0 radical (unpaired) electrons. The molecular weight excluding hydrogens is 454 g/mol. The van der Waals surface area contributed by atoms with Crippen molar-refractivity contribution in [1.29, 1.82) is 5.26 Å². The summed E-state index contributed by atoms with van der Waals surface area (Å²) in [5, 5.41) is 15.5. The van der Waals surface area contributed by atoms with Crippen LogP contribution in [-0.2, 0) is 11.8 Å². The van der Waals surface area contributed by atoms with Crippen molar-refractivity contribution >= 4 is 23.4 Å². The summed E-state index contributed by atoms with van der Waals surface area (Å²) in [4.78, 5) is 6.13. The number of rotatable bonds is 5. The van der Waals surface area contributed by atoms with E-state index in [0.717, 1.165) is 58.6 Å². The van der Waals surface area contributed by atoms with Gasteiger partial charge in [0.1, 0.15) is 16.4 Å². The number of hydrogen-bond donors (Lipinski definition) is 0. The maximum atomic E-state index is 9.19. The van der Waals surface area contributed by atoms with Crippen LogP contribution in [0, 0.1) is 11.3 Å². The smallest absolute Gasteiger partial charge is 0.159 e. The van der Waals surface area contributed by atoms with Crippen LogP contribution in [-0.4, -0.2) is 25.9 Å². The number of benzene rings is 2. The van der Waals surface area contributed by atoms with Gasteiger partial charge in [-0.25, -0.2) is 9.67 Å². The van der Waals surface area contributed by atoms with E-state index in [1.165, 1.54) is 0 Å². The van der Waals surface area contributed by atoms with Crippen LogP contribution in [0.4, 0.5) is 0 Å². The van der Waals surface area contributed by atoms with E-state index in [1.807, 2.05) is 66.3 Å². The quantitative estimate of drug-likeness (QED) is 0.337. The second-order valence-electron chi connectivity index (χ2n) is 7.88. The second kappa shape index (κ2) is 9.44. The minimum absolute atomic E-state index is 0.0776. The predicted octanol–water partition coefficient (Wildman–Crippen LogP) is 6.33. The molecule has 0 bridgehead atoms. The summed E-state index contributed by atoms with van der Waals surface area (Å²) in [6, 6.07) is 19.5. The monoisotopic (exact) mass is 475 g/mol. The topological polar surface area (TPSA) is 68.7 Å². The van der Waals surface area contributed by atoms with E-state index in [4.69, 9.17) is 21.3 Å². The number of imidazole rings is 1. The highest BCUT2D eigenvalue weighted by Gasteiger charge is 2.25. The van der Waals surface area contributed by atoms with Crippen LogP contribution < -0.4 is 0 Å². The van der Waals surface area contributed by atoms with Crippen molar-refractivity contribution in [2.75, 3.05) is 6.61 Å². The molecule has 6 nitrogen and oxygen atoms in total. The zero-order valence-corrected chi connectivity index (χ0v) is 19.7. The molecule has 166 valence electrons. The van der Waals surface area contributed by atoms with Gasteiger partial charge in [-0.15, -0.1) is 0 Å². The zero-order chi connectivity index (χ0) is 22.8. The van der Waals surface area contributed by atoms with Gasteiger partial charge in [-0.1, -0.05) is 35.5 Å². The molecule has 2 aromatic heterocycles. The maximum absolute atomic E-state index is 9.19. The first kappa shape index (κ1) is 21.8. The van der Waals surface area contributed by atoms with Crippen LogP contribution in [0.2, 0.25) is 5.02 Å². The first-order valence-corrected chi connectivity index (χ1v) is 12.0. The van der Waals surface area contributed by atoms with E-state index in [9.17, 15) is 5.26 Å². The second-order valence-corrected chi connectivity index (χ2v) is 9.37. The van der Waals surface area contributed by atoms with Gasteiger partial charge in [0.25, 0.3) is 0 Å². The minimum atomic E-state index is -0.0776. The molecule has 1 aliphatic rings. The van der Waals surface area contributed by atoms with Gasteiger partial charge in [-0.3, -0.25) is 0 Å². The molecule has 4 aromatic rings. The van der Waals surface area contributed by atoms with Gasteiger partial charge in [0.15, 0.2) is 12.1 Å². The molecule has 1 fully saturated rings. The summed E-state index contributed by atoms with van der Waals surface area (Å²) in [5.41, 5.74) is 3.35. The van der Waals surface area contributed by atoms with Gasteiger partial charge in [0, 0.05) is 35.3 Å². The Morgan fingerprint density at radius 3 is 2.58 bits per heavy atom. The van der Waals surface area contributed by atoms with Crippen LogP contribution in [0.1, 0.15) is 31.1 Å². The summed E-state index contributed by atoms with van der Waals surface area (Å²) in [6.45, 7) is 0.749. The van der Waals surface area contributed by atoms with Gasteiger partial charge in [0.2, 0.25) is 0 Å². The van der Waals surface area contributed by atoms with Crippen molar-refractivity contribution in [3.8, 4) is 28.8 Å². The molecule has 2 aromatic carbocycles. The molecule has 1 saturated heterocycles. The number of nitrogens with zero attached hydrogens (tertiary/aromatic N) is 5. The average molecular weight is 476 g/mol. The first-order chi connectivity index (χ1) is 16.1. The van der Waals surface area contributed by atoms with E-state index >= 15 is 0 Å². The molecule has 0 aliphatic carbocycles. The SMILES string of the molecule is Cn1c(-c2ccnn2C2CCCCO2)nc(-c2ccc(C#N)cc2)c1Sc1ccc(Cl)cc1. The number of ether oxygens (including phenoxy) is 1. The molecule has 5 rings (SSSR count). The van der Waals surface area contributed by atoms with Crippen LogP contribution >= 0.6 is 23.4 Å². The van der Waals surface area contributed by atoms with Crippen molar-refractivity contribution in [1.82, 2.24) is 19.3 Å². The predicted molar refractivity (Wildman–Crippen MR) is 129 cm³/mol. The van der Waals surface area contributed by atoms with E-state index < -0.39 is 0 Å². The van der Waals surface area contributed by atoms with Crippen LogP contribution in [0.15, 0.2) is 70.7 Å². The fourth-order valence-electron chi connectivity index (χ4n) is 3.97. The highest BCUT2D eigenvalue weighted by molar-refractivity contribution is 7.99. The number of hydrogen-bond acceptors (Lipinski definition) is 5. The van der Waals surface area contributed by atoms with Gasteiger partial charge in [-0.2, -0.15) is 10.4 Å². The summed E-state index contributed by atoms with van der Waals surface area (Å²) in [6.07, 6.45) is 4.87. The fraction of sp³-hybridized carbons (Fsp3) is 0.240. The molecule has 0 N–H and O–H groups in total. The van der Waals surface area contributed by atoms with Gasteiger partial charge >= 0.3 is 0 Å². The Bertz CT molecular complexity index is 1300. The lowest BCUT2D eigenvalue weighted by Gasteiger charge is -2.24. The van der Waals surface area contributed by atoms with Gasteiger partial charge < -0.3 is 9.30 Å². The van der Waals surface area contributed by atoms with Crippen molar-refractivity contribution < 1.29 is 4.74 Å². The van der Waals surface area contributed by atoms with Crippen molar-refractivity contribution in [2.24, 2.45) is 7.05 Å². The molecule has 33 heavy (non-hydrogen) atoms. The minimum Gasteiger partial charge on any atom is -0.356 e. The first-order valence-electron chi connectivity index (χ1n) is 10.8. The standard InChI is InChI=1S/C25H22ClN5OS/c1-30-24(21-13-14-28-31(21)22-4-2-3-15-32-22)29-23(18-7-5-17(16-27)6-8-18)25(30)33-20-11-9-19(26)10-12-20/h5-14,22H,2-4,15H2,1H3. The normalized spacial score (nSPS) is 16.0. The van der Waals surface area contributed by atoms with Crippen molar-refractivity contribution in [3.63, 3.8) is 0 Å². The van der Waals surface area contributed by atoms with Crippen LogP contribution in [0.5, 0.6) is 0 Å². The maximum Gasteiger partial charge on any atom is 0.159 e. The van der Waals surface area contributed by atoms with Gasteiger partial charge in [0.05, 0.1) is 11.6 Å². The summed E-state index contributed by atoms with van der Waals surface area (Å²) < 4.78 is 10.0. The Labute approximate surface area is 201 Å². The van der Waals surface area contributed by atoms with Crippen molar-refractivity contribution in [3.05, 3.63) is 71.4 Å². The molecule has 0 spiro atoms. The van der Waals surface area contributed by atoms with E-state index in [2.05, 4.69) is 15.7 Å². The summed E-state index contributed by atoms with van der Waals surface area (Å²) >= 11 is 7.72. The largest absolute Gasteiger partial charge is 0.356 e. The summed E-state index contributed by atoms with van der Waals surface area (Å²) in [5.74, 6) is 0.817. The van der Waals surface area contributed by atoms with Crippen LogP contribution in [0.25, 0.3) is 22.8 Å². The van der Waals surface area contributed by atoms with Gasteiger partial charge in [-0.05, 0) is 61.7 Å².